The highest BCUT2D eigenvalue weighted by Gasteiger charge is 2.35. The number of hydrogen-bond donors (Lipinski definition) is 0. The number of nitrogens with zero attached hydrogens (tertiary/aromatic N) is 2. The molecule has 1 atom stereocenters. The molecule has 1 aromatic heterocycles. The van der Waals surface area contributed by atoms with Crippen LogP contribution in [-0.4, -0.2) is 28.4 Å². The molecule has 0 bridgehead atoms. The van der Waals surface area contributed by atoms with Crippen LogP contribution in [0.4, 0.5) is 0 Å². The van der Waals surface area contributed by atoms with E-state index in [9.17, 15) is 4.79 Å². The van der Waals surface area contributed by atoms with Gasteiger partial charge in [0.2, 0.25) is 0 Å². The van der Waals surface area contributed by atoms with E-state index in [1.807, 2.05) is 11.8 Å². The maximum Gasteiger partial charge on any atom is 0.266 e. The summed E-state index contributed by atoms with van der Waals surface area (Å²) in [5, 5.41) is 0.994. The zero-order valence-corrected chi connectivity index (χ0v) is 12.0. The molecule has 0 spiro atoms. The summed E-state index contributed by atoms with van der Waals surface area (Å²) in [7, 11) is 0. The second kappa shape index (κ2) is 4.09. The third-order valence-corrected chi connectivity index (χ3v) is 4.57. The molecule has 0 saturated heterocycles. The Morgan fingerprint density at radius 1 is 1.41 bits per heavy atom. The number of carbonyl (C=O) groups is 1. The summed E-state index contributed by atoms with van der Waals surface area (Å²) in [6.45, 7) is 11.4. The van der Waals surface area contributed by atoms with Crippen LogP contribution >= 0.6 is 11.3 Å². The number of fused-ring (bicyclic) bond motifs is 1. The molecular weight excluding hydrogens is 232 g/mol. The predicted molar refractivity (Wildman–Crippen MR) is 70.5 cm³/mol. The minimum absolute atomic E-state index is 0.118. The molecule has 94 valence electrons. The maximum absolute atomic E-state index is 12.4. The van der Waals surface area contributed by atoms with Crippen LogP contribution in [0.2, 0.25) is 0 Å². The van der Waals surface area contributed by atoms with E-state index >= 15 is 0 Å². The molecular formula is C13H20N2OS. The Morgan fingerprint density at radius 3 is 2.65 bits per heavy atom. The third kappa shape index (κ3) is 2.23. The van der Waals surface area contributed by atoms with Gasteiger partial charge in [0.05, 0.1) is 10.7 Å². The standard InChI is InChI=1S/C13H20N2OS/c1-8(13(3,4)5)15-7-6-10-11(12(15)16)17-9(2)14-10/h8H,6-7H2,1-5H3/t8-/m1/s1. The number of hydrogen-bond acceptors (Lipinski definition) is 3. The average Bonchev–Trinajstić information content (AvgIpc) is 2.58. The molecule has 0 unspecified atom stereocenters. The molecule has 2 rings (SSSR count). The largest absolute Gasteiger partial charge is 0.334 e. The Balaban J connectivity index is 2.29. The van der Waals surface area contributed by atoms with Crippen molar-refractivity contribution in [3.8, 4) is 0 Å². The molecule has 1 aromatic rings. The molecule has 1 aliphatic heterocycles. The van der Waals surface area contributed by atoms with Gasteiger partial charge in [-0.15, -0.1) is 11.3 Å². The monoisotopic (exact) mass is 252 g/mol. The number of amides is 1. The van der Waals surface area contributed by atoms with Crippen molar-refractivity contribution in [1.82, 2.24) is 9.88 Å². The predicted octanol–water partition coefficient (Wildman–Crippen LogP) is 2.88. The first-order valence-corrected chi connectivity index (χ1v) is 6.89. The van der Waals surface area contributed by atoms with Crippen molar-refractivity contribution < 1.29 is 4.79 Å². The second-order valence-corrected chi connectivity index (χ2v) is 7.00. The van der Waals surface area contributed by atoms with Crippen LogP contribution in [0.5, 0.6) is 0 Å². The Kier molecular flexibility index (Phi) is 3.02. The molecule has 0 aromatic carbocycles. The minimum atomic E-state index is 0.118. The highest BCUT2D eigenvalue weighted by Crippen LogP contribution is 2.31. The van der Waals surface area contributed by atoms with Gasteiger partial charge in [-0.25, -0.2) is 4.98 Å². The summed E-state index contributed by atoms with van der Waals surface area (Å²) < 4.78 is 0. The molecule has 0 saturated carbocycles. The Morgan fingerprint density at radius 2 is 2.06 bits per heavy atom. The number of carbonyl (C=O) groups excluding carboxylic acids is 1. The van der Waals surface area contributed by atoms with Gasteiger partial charge in [-0.05, 0) is 19.3 Å². The fourth-order valence-electron chi connectivity index (χ4n) is 2.10. The van der Waals surface area contributed by atoms with Gasteiger partial charge in [-0.3, -0.25) is 4.79 Å². The van der Waals surface area contributed by atoms with Crippen molar-refractivity contribution >= 4 is 17.2 Å². The average molecular weight is 252 g/mol. The Bertz CT molecular complexity index is 445. The Hall–Kier alpha value is -0.900. The van der Waals surface area contributed by atoms with E-state index in [0.717, 1.165) is 28.5 Å². The molecule has 1 aliphatic rings. The van der Waals surface area contributed by atoms with Gasteiger partial charge in [0.25, 0.3) is 5.91 Å². The molecule has 0 fully saturated rings. The summed E-state index contributed by atoms with van der Waals surface area (Å²) in [6.07, 6.45) is 0.895. The summed E-state index contributed by atoms with van der Waals surface area (Å²) in [6, 6.07) is 0.255. The van der Waals surface area contributed by atoms with E-state index in [-0.39, 0.29) is 17.4 Å². The number of thiazole rings is 1. The normalized spacial score (nSPS) is 18.2. The summed E-state index contributed by atoms with van der Waals surface area (Å²) in [5.41, 5.74) is 1.11. The lowest BCUT2D eigenvalue weighted by Gasteiger charge is -2.39. The van der Waals surface area contributed by atoms with Gasteiger partial charge < -0.3 is 4.90 Å². The van der Waals surface area contributed by atoms with Gasteiger partial charge in [-0.2, -0.15) is 0 Å². The molecule has 0 radical (unpaired) electrons. The molecule has 3 nitrogen and oxygen atoms in total. The molecule has 0 N–H and O–H groups in total. The highest BCUT2D eigenvalue weighted by molar-refractivity contribution is 7.13. The first kappa shape index (κ1) is 12.6. The SMILES string of the molecule is Cc1nc2c(s1)C(=O)N([C@H](C)C(C)(C)C)CC2. The van der Waals surface area contributed by atoms with E-state index < -0.39 is 0 Å². The van der Waals surface area contributed by atoms with Crippen molar-refractivity contribution in [3.63, 3.8) is 0 Å². The van der Waals surface area contributed by atoms with E-state index in [2.05, 4.69) is 32.7 Å². The van der Waals surface area contributed by atoms with E-state index in [4.69, 9.17) is 0 Å². The van der Waals surface area contributed by atoms with Crippen LogP contribution < -0.4 is 0 Å². The van der Waals surface area contributed by atoms with Crippen LogP contribution in [-0.2, 0) is 6.42 Å². The smallest absolute Gasteiger partial charge is 0.266 e. The first-order chi connectivity index (χ1) is 7.80. The molecule has 17 heavy (non-hydrogen) atoms. The third-order valence-electron chi connectivity index (χ3n) is 3.57. The van der Waals surface area contributed by atoms with Gasteiger partial charge >= 0.3 is 0 Å². The lowest BCUT2D eigenvalue weighted by Crippen LogP contribution is -2.48. The zero-order valence-electron chi connectivity index (χ0n) is 11.2. The van der Waals surface area contributed by atoms with E-state index in [0.29, 0.717) is 0 Å². The van der Waals surface area contributed by atoms with Gasteiger partial charge in [-0.1, -0.05) is 20.8 Å². The summed E-state index contributed by atoms with van der Waals surface area (Å²) in [5.74, 6) is 0.166. The number of aromatic nitrogens is 1. The topological polar surface area (TPSA) is 33.2 Å². The van der Waals surface area contributed by atoms with Crippen molar-refractivity contribution in [1.29, 1.82) is 0 Å². The zero-order chi connectivity index (χ0) is 12.8. The van der Waals surface area contributed by atoms with Gasteiger partial charge in [0, 0.05) is 19.0 Å². The lowest BCUT2D eigenvalue weighted by molar-refractivity contribution is 0.0537. The second-order valence-electron chi connectivity index (χ2n) is 5.80. The quantitative estimate of drug-likeness (QED) is 0.770. The number of aryl methyl sites for hydroxylation is 1. The van der Waals surface area contributed by atoms with Crippen LogP contribution in [0.25, 0.3) is 0 Å². The number of rotatable bonds is 1. The van der Waals surface area contributed by atoms with E-state index in [1.54, 1.807) is 0 Å². The molecule has 2 heterocycles. The van der Waals surface area contributed by atoms with Crippen LogP contribution in [0.3, 0.4) is 0 Å². The van der Waals surface area contributed by atoms with Crippen molar-refractivity contribution in [2.24, 2.45) is 5.41 Å². The highest BCUT2D eigenvalue weighted by atomic mass is 32.1. The lowest BCUT2D eigenvalue weighted by atomic mass is 9.86. The van der Waals surface area contributed by atoms with Gasteiger partial charge in [0.1, 0.15) is 4.88 Å². The van der Waals surface area contributed by atoms with Gasteiger partial charge in [0.15, 0.2) is 0 Å². The summed E-state index contributed by atoms with van der Waals surface area (Å²) >= 11 is 1.53. The molecule has 0 aliphatic carbocycles. The van der Waals surface area contributed by atoms with Crippen LogP contribution in [0.15, 0.2) is 0 Å². The summed E-state index contributed by atoms with van der Waals surface area (Å²) in [4.78, 5) is 19.7. The minimum Gasteiger partial charge on any atom is -0.334 e. The van der Waals surface area contributed by atoms with Crippen LogP contribution in [0.1, 0.15) is 48.1 Å². The van der Waals surface area contributed by atoms with Crippen molar-refractivity contribution in [2.45, 2.75) is 47.1 Å². The first-order valence-electron chi connectivity index (χ1n) is 6.08. The molecule has 4 heteroatoms. The van der Waals surface area contributed by atoms with Crippen LogP contribution in [0, 0.1) is 12.3 Å². The van der Waals surface area contributed by atoms with Crippen molar-refractivity contribution in [3.05, 3.63) is 15.6 Å². The van der Waals surface area contributed by atoms with Crippen molar-refractivity contribution in [2.75, 3.05) is 6.54 Å². The molecule has 1 amide bonds. The fourth-order valence-corrected chi connectivity index (χ4v) is 3.02. The fraction of sp³-hybridized carbons (Fsp3) is 0.692. The maximum atomic E-state index is 12.4. The van der Waals surface area contributed by atoms with E-state index in [1.165, 1.54) is 11.3 Å². The Labute approximate surface area is 107 Å².